The largest absolute Gasteiger partial charge is 0.403 e. The topological polar surface area (TPSA) is 120 Å². The first-order valence-electron chi connectivity index (χ1n) is 12.8. The number of nitrogens with one attached hydrogen (secondary N) is 2. The molecule has 2 unspecified atom stereocenters. The molecule has 10 heteroatoms. The van der Waals surface area contributed by atoms with E-state index in [2.05, 4.69) is 26.8 Å². The third-order valence-electron chi connectivity index (χ3n) is 7.07. The summed E-state index contributed by atoms with van der Waals surface area (Å²) in [6.07, 6.45) is 8.36. The standard InChI is InChI=1S/C29H30ClN7O2/c1-18-5-3-8-26(19-6-4-7-20(13-19)28-25(35-29(18)39)16-34-36(28)2)37-17-33-24(15-27(37)38)22-14-21(30)9-10-23(22)32-12-11-31/h4,6-7,9-18,26,32H,3,5,8,31H2,1-2H3,(H,35,39)/b12-11-. The van der Waals surface area contributed by atoms with Crippen LogP contribution in [-0.2, 0) is 11.8 Å². The fourth-order valence-corrected chi connectivity index (χ4v) is 5.19. The fourth-order valence-electron chi connectivity index (χ4n) is 5.02. The van der Waals surface area contributed by atoms with Gasteiger partial charge in [0.1, 0.15) is 0 Å². The van der Waals surface area contributed by atoms with E-state index >= 15 is 0 Å². The van der Waals surface area contributed by atoms with E-state index in [1.165, 1.54) is 12.3 Å². The number of hydrogen-bond acceptors (Lipinski definition) is 6. The lowest BCUT2D eigenvalue weighted by molar-refractivity contribution is -0.119. The third kappa shape index (κ3) is 5.44. The molecule has 1 aliphatic rings. The Morgan fingerprint density at radius 2 is 2.00 bits per heavy atom. The summed E-state index contributed by atoms with van der Waals surface area (Å²) in [6, 6.07) is 14.6. The zero-order valence-electron chi connectivity index (χ0n) is 21.8. The molecule has 3 heterocycles. The first-order chi connectivity index (χ1) is 18.9. The highest BCUT2D eigenvalue weighted by Crippen LogP contribution is 2.34. The Kier molecular flexibility index (Phi) is 7.51. The molecule has 2 aromatic carbocycles. The molecule has 1 aliphatic heterocycles. The van der Waals surface area contributed by atoms with Crippen molar-refractivity contribution in [2.24, 2.45) is 18.7 Å². The number of amides is 1. The average molecular weight is 544 g/mol. The number of halogens is 1. The van der Waals surface area contributed by atoms with Gasteiger partial charge in [-0.05, 0) is 42.7 Å². The van der Waals surface area contributed by atoms with Crippen LogP contribution in [0.1, 0.15) is 37.8 Å². The molecular formula is C29H30ClN7O2. The molecule has 4 N–H and O–H groups in total. The second-order valence-corrected chi connectivity index (χ2v) is 10.1. The minimum absolute atomic E-state index is 0.0452. The minimum atomic E-state index is -0.262. The number of carbonyl (C=O) groups excluding carboxylic acids is 1. The minimum Gasteiger partial charge on any atom is -0.403 e. The summed E-state index contributed by atoms with van der Waals surface area (Å²) in [7, 11) is 1.85. The molecule has 0 radical (unpaired) electrons. The molecule has 2 bridgehead atoms. The number of aryl methyl sites for hydroxylation is 1. The number of rotatable bonds is 4. The third-order valence-corrected chi connectivity index (χ3v) is 7.30. The van der Waals surface area contributed by atoms with Gasteiger partial charge in [0.2, 0.25) is 5.91 Å². The molecule has 2 aromatic heterocycles. The molecule has 5 rings (SSSR count). The van der Waals surface area contributed by atoms with Crippen LogP contribution in [0.2, 0.25) is 5.02 Å². The Hall–Kier alpha value is -4.37. The summed E-state index contributed by atoms with van der Waals surface area (Å²) in [5, 5.41) is 11.0. The molecule has 1 amide bonds. The maximum absolute atomic E-state index is 13.6. The summed E-state index contributed by atoms with van der Waals surface area (Å²) in [4.78, 5) is 31.1. The summed E-state index contributed by atoms with van der Waals surface area (Å²) in [5.41, 5.74) is 10.6. The van der Waals surface area contributed by atoms with E-state index in [1.54, 1.807) is 40.1 Å². The Balaban J connectivity index is 1.58. The quantitative estimate of drug-likeness (QED) is 0.327. The van der Waals surface area contributed by atoms with Gasteiger partial charge in [0.05, 0.1) is 35.6 Å². The smallest absolute Gasteiger partial charge is 0.254 e. The van der Waals surface area contributed by atoms with Gasteiger partial charge in [-0.3, -0.25) is 18.8 Å². The highest BCUT2D eigenvalue weighted by atomic mass is 35.5. The molecule has 2 atom stereocenters. The van der Waals surface area contributed by atoms with Crippen LogP contribution in [-0.4, -0.2) is 25.2 Å². The van der Waals surface area contributed by atoms with Crippen LogP contribution >= 0.6 is 11.6 Å². The van der Waals surface area contributed by atoms with E-state index in [1.807, 2.05) is 38.2 Å². The van der Waals surface area contributed by atoms with E-state index in [4.69, 9.17) is 17.3 Å². The van der Waals surface area contributed by atoms with Crippen molar-refractivity contribution in [1.29, 1.82) is 0 Å². The monoisotopic (exact) mass is 543 g/mol. The summed E-state index contributed by atoms with van der Waals surface area (Å²) in [6.45, 7) is 1.92. The number of carbonyl (C=O) groups is 1. The number of aromatic nitrogens is 4. The molecule has 0 spiro atoms. The zero-order valence-corrected chi connectivity index (χ0v) is 22.5. The molecule has 0 fully saturated rings. The number of hydrogen-bond donors (Lipinski definition) is 3. The molecule has 200 valence electrons. The van der Waals surface area contributed by atoms with Gasteiger partial charge in [0.25, 0.3) is 5.56 Å². The second kappa shape index (κ2) is 11.2. The number of nitrogens with two attached hydrogens (primary N) is 1. The molecular weight excluding hydrogens is 514 g/mol. The van der Waals surface area contributed by atoms with Gasteiger partial charge in [-0.1, -0.05) is 43.1 Å². The van der Waals surface area contributed by atoms with E-state index < -0.39 is 0 Å². The highest BCUT2D eigenvalue weighted by molar-refractivity contribution is 6.31. The fraction of sp³-hybridized carbons (Fsp3) is 0.241. The van der Waals surface area contributed by atoms with Crippen LogP contribution in [0.5, 0.6) is 0 Å². The molecule has 0 saturated heterocycles. The van der Waals surface area contributed by atoms with E-state index in [9.17, 15) is 9.59 Å². The maximum atomic E-state index is 13.6. The van der Waals surface area contributed by atoms with Gasteiger partial charge in [-0.15, -0.1) is 0 Å². The van der Waals surface area contributed by atoms with Crippen molar-refractivity contribution in [3.8, 4) is 22.5 Å². The molecule has 0 saturated carbocycles. The molecule has 0 aliphatic carbocycles. The van der Waals surface area contributed by atoms with Crippen molar-refractivity contribution in [1.82, 2.24) is 19.3 Å². The van der Waals surface area contributed by atoms with E-state index in [0.717, 1.165) is 28.9 Å². The zero-order chi connectivity index (χ0) is 27.5. The number of anilines is 2. The summed E-state index contributed by atoms with van der Waals surface area (Å²) in [5.74, 6) is -0.235. The Morgan fingerprint density at radius 3 is 2.79 bits per heavy atom. The van der Waals surface area contributed by atoms with Crippen LogP contribution in [0.3, 0.4) is 0 Å². The van der Waals surface area contributed by atoms with Crippen LogP contribution in [0, 0.1) is 5.92 Å². The van der Waals surface area contributed by atoms with Gasteiger partial charge in [0.15, 0.2) is 0 Å². The number of nitrogens with zero attached hydrogens (tertiary/aromatic N) is 4. The molecule has 4 aromatic rings. The Morgan fingerprint density at radius 1 is 1.15 bits per heavy atom. The number of benzene rings is 2. The van der Waals surface area contributed by atoms with Crippen molar-refractivity contribution in [2.75, 3.05) is 10.6 Å². The first kappa shape index (κ1) is 26.2. The maximum Gasteiger partial charge on any atom is 0.254 e. The lowest BCUT2D eigenvalue weighted by atomic mass is 9.94. The lowest BCUT2D eigenvalue weighted by Gasteiger charge is -2.23. The van der Waals surface area contributed by atoms with Crippen LogP contribution < -0.4 is 21.9 Å². The van der Waals surface area contributed by atoms with Crippen molar-refractivity contribution in [2.45, 2.75) is 32.2 Å². The predicted molar refractivity (Wildman–Crippen MR) is 154 cm³/mol. The van der Waals surface area contributed by atoms with Crippen LogP contribution in [0.15, 0.2) is 78.2 Å². The average Bonchev–Trinajstić information content (AvgIpc) is 3.29. The van der Waals surface area contributed by atoms with E-state index in [-0.39, 0.29) is 23.4 Å². The summed E-state index contributed by atoms with van der Waals surface area (Å²) < 4.78 is 3.42. The summed E-state index contributed by atoms with van der Waals surface area (Å²) >= 11 is 6.26. The van der Waals surface area contributed by atoms with Gasteiger partial charge < -0.3 is 16.4 Å². The van der Waals surface area contributed by atoms with Crippen molar-refractivity contribution < 1.29 is 4.79 Å². The Bertz CT molecular complexity index is 1610. The number of fused-ring (bicyclic) bond motifs is 4. The van der Waals surface area contributed by atoms with Crippen molar-refractivity contribution in [3.05, 3.63) is 94.4 Å². The Labute approximate surface area is 231 Å². The van der Waals surface area contributed by atoms with Crippen LogP contribution in [0.4, 0.5) is 11.4 Å². The van der Waals surface area contributed by atoms with Gasteiger partial charge in [-0.2, -0.15) is 5.10 Å². The predicted octanol–water partition coefficient (Wildman–Crippen LogP) is 5.15. The highest BCUT2D eigenvalue weighted by Gasteiger charge is 2.23. The molecule has 39 heavy (non-hydrogen) atoms. The van der Waals surface area contributed by atoms with Crippen molar-refractivity contribution in [3.63, 3.8) is 0 Å². The lowest BCUT2D eigenvalue weighted by Crippen LogP contribution is -2.26. The van der Waals surface area contributed by atoms with Gasteiger partial charge in [0, 0.05) is 53.3 Å². The van der Waals surface area contributed by atoms with Gasteiger partial charge in [-0.25, -0.2) is 4.98 Å². The van der Waals surface area contributed by atoms with E-state index in [0.29, 0.717) is 34.8 Å². The SMILES string of the molecule is CC1CCCC(n2cnc(-c3cc(Cl)ccc3N/C=C\N)cc2=O)c2cccc(c2)-c2c(cnn2C)NC1=O. The van der Waals surface area contributed by atoms with Crippen LogP contribution in [0.25, 0.3) is 22.5 Å². The normalized spacial score (nSPS) is 17.7. The van der Waals surface area contributed by atoms with Gasteiger partial charge >= 0.3 is 0 Å². The first-order valence-corrected chi connectivity index (χ1v) is 13.2. The van der Waals surface area contributed by atoms with Crippen molar-refractivity contribution >= 4 is 28.9 Å². The molecule has 9 nitrogen and oxygen atoms in total. The second-order valence-electron chi connectivity index (χ2n) is 9.71.